The van der Waals surface area contributed by atoms with Gasteiger partial charge in [0.2, 0.25) is 0 Å². The van der Waals surface area contributed by atoms with Crippen LogP contribution in [0.15, 0.2) is 231 Å². The van der Waals surface area contributed by atoms with E-state index in [1.165, 1.54) is 40.3 Å². The Morgan fingerprint density at radius 1 is 0.250 bits per heavy atom. The zero-order valence-electron chi connectivity index (χ0n) is 44.4. The van der Waals surface area contributed by atoms with Crippen LogP contribution < -0.4 is 0 Å². The van der Waals surface area contributed by atoms with Crippen molar-refractivity contribution in [2.45, 2.75) is 0 Å². The molecule has 0 saturated heterocycles. The van der Waals surface area contributed by atoms with E-state index in [4.69, 9.17) is 0 Å². The van der Waals surface area contributed by atoms with Gasteiger partial charge in [0.1, 0.15) is 12.1 Å². The Hall–Kier alpha value is -10.2. The van der Waals surface area contributed by atoms with Crippen molar-refractivity contribution in [1.82, 2.24) is 9.13 Å². The fraction of sp³-hybridized carbons (Fsp3) is 0. The molecule has 19 aromatic rings. The van der Waals surface area contributed by atoms with Crippen molar-refractivity contribution >= 4 is 191 Å². The van der Waals surface area contributed by atoms with Crippen LogP contribution >= 0.6 is 45.3 Å². The highest BCUT2D eigenvalue weighted by molar-refractivity contribution is 7.28. The van der Waals surface area contributed by atoms with E-state index in [9.17, 15) is 10.5 Å². The maximum atomic E-state index is 12.9. The van der Waals surface area contributed by atoms with E-state index in [0.717, 1.165) is 134 Å². The van der Waals surface area contributed by atoms with Crippen molar-refractivity contribution in [3.63, 3.8) is 0 Å². The van der Waals surface area contributed by atoms with Crippen LogP contribution in [0.2, 0.25) is 0 Å². The van der Waals surface area contributed by atoms with E-state index in [2.05, 4.69) is 252 Å². The summed E-state index contributed by atoms with van der Waals surface area (Å²) >= 11 is 7.24. The van der Waals surface area contributed by atoms with Gasteiger partial charge in [-0.3, -0.25) is 0 Å². The van der Waals surface area contributed by atoms with Crippen LogP contribution in [-0.2, 0) is 0 Å². The lowest BCUT2D eigenvalue weighted by molar-refractivity contribution is 1.14. The molecular weight excluding hydrogens is 1100 g/mol. The molecule has 0 amide bonds. The van der Waals surface area contributed by atoms with Gasteiger partial charge in [-0.1, -0.05) is 206 Å². The summed E-state index contributed by atoms with van der Waals surface area (Å²) < 4.78 is 14.4. The average Bonchev–Trinajstić information content (AvgIpc) is 1.64. The summed E-state index contributed by atoms with van der Waals surface area (Å²) in [6.45, 7) is 0. The van der Waals surface area contributed by atoms with E-state index >= 15 is 0 Å². The molecule has 0 fully saturated rings. The molecule has 0 spiro atoms. The lowest BCUT2D eigenvalue weighted by Crippen LogP contribution is -2.11. The van der Waals surface area contributed by atoms with Crippen LogP contribution in [0, 0.1) is 22.7 Å². The lowest BCUT2D eigenvalue weighted by Gasteiger charge is -2.26. The van der Waals surface area contributed by atoms with Crippen LogP contribution in [0.3, 0.4) is 0 Å². The molecule has 386 valence electrons. The second kappa shape index (κ2) is 17.2. The molecule has 8 heteroatoms. The number of aromatic nitrogens is 2. The summed E-state index contributed by atoms with van der Waals surface area (Å²) in [6, 6.07) is 89.4. The van der Waals surface area contributed by atoms with E-state index in [-0.39, 0.29) is 0 Å². The smallest absolute Gasteiger partial charge is 0.102 e. The van der Waals surface area contributed by atoms with E-state index in [1.807, 2.05) is 45.3 Å². The first-order valence-electron chi connectivity index (χ1n) is 28.0. The van der Waals surface area contributed by atoms with Gasteiger partial charge in [0.15, 0.2) is 0 Å². The molecule has 0 saturated carbocycles. The Morgan fingerprint density at radius 2 is 0.524 bits per heavy atom. The highest BCUT2D eigenvalue weighted by Gasteiger charge is 2.35. The summed E-state index contributed by atoms with van der Waals surface area (Å²) in [4.78, 5) is 0. The Bertz CT molecular complexity index is 5710. The topological polar surface area (TPSA) is 57.4 Å². The van der Waals surface area contributed by atoms with Crippen LogP contribution in [0.5, 0.6) is 0 Å². The third-order valence-electron chi connectivity index (χ3n) is 17.8. The fourth-order valence-corrected chi connectivity index (χ4v) is 19.3. The third kappa shape index (κ3) is 6.06. The van der Waals surface area contributed by atoms with Crippen molar-refractivity contribution in [3.05, 3.63) is 242 Å². The minimum absolute atomic E-state index is 0.435. The minimum atomic E-state index is 0.435. The molecular formula is C76H38N4S4. The maximum absolute atomic E-state index is 12.9. The van der Waals surface area contributed by atoms with Gasteiger partial charge in [-0.25, -0.2) is 0 Å². The van der Waals surface area contributed by atoms with Gasteiger partial charge < -0.3 is 9.13 Å². The second-order valence-electron chi connectivity index (χ2n) is 21.9. The van der Waals surface area contributed by atoms with Gasteiger partial charge in [0.05, 0.1) is 63.4 Å². The summed E-state index contributed by atoms with van der Waals surface area (Å²) in [5.41, 5.74) is 9.66. The average molecular weight is 1140 g/mol. The Balaban J connectivity index is 1.16. The largest absolute Gasteiger partial charge is 0.304 e. The van der Waals surface area contributed by atoms with E-state index in [1.54, 1.807) is 0 Å². The summed E-state index contributed by atoms with van der Waals surface area (Å²) in [5.74, 6) is 0. The molecule has 0 radical (unpaired) electrons. The predicted octanol–water partition coefficient (Wildman–Crippen LogP) is 22.7. The molecule has 6 heterocycles. The van der Waals surface area contributed by atoms with Crippen molar-refractivity contribution in [2.75, 3.05) is 0 Å². The number of nitriles is 2. The minimum Gasteiger partial charge on any atom is -0.304 e. The first-order valence-corrected chi connectivity index (χ1v) is 31.3. The van der Waals surface area contributed by atoms with Crippen molar-refractivity contribution in [2.24, 2.45) is 0 Å². The van der Waals surface area contributed by atoms with Crippen molar-refractivity contribution in [1.29, 1.82) is 10.5 Å². The second-order valence-corrected chi connectivity index (χ2v) is 26.1. The number of rotatable bonds is 4. The first kappa shape index (κ1) is 46.4. The number of fused-ring (bicyclic) bond motifs is 24. The highest BCUT2D eigenvalue weighted by atomic mass is 32.1. The predicted molar refractivity (Wildman–Crippen MR) is 362 cm³/mol. The quantitative estimate of drug-likeness (QED) is 0.176. The monoisotopic (exact) mass is 1130 g/mol. The molecule has 0 aliphatic heterocycles. The molecule has 4 nitrogen and oxygen atoms in total. The Morgan fingerprint density at radius 3 is 0.857 bits per heavy atom. The molecule has 84 heavy (non-hydrogen) atoms. The molecule has 0 atom stereocenters. The van der Waals surface area contributed by atoms with Crippen molar-refractivity contribution < 1.29 is 0 Å². The molecule has 6 aromatic heterocycles. The maximum Gasteiger partial charge on any atom is 0.102 e. The summed E-state index contributed by atoms with van der Waals surface area (Å²) in [7, 11) is 0. The van der Waals surface area contributed by atoms with Crippen LogP contribution in [0.4, 0.5) is 0 Å². The van der Waals surface area contributed by atoms with Gasteiger partial charge >= 0.3 is 0 Å². The summed E-state index contributed by atoms with van der Waals surface area (Å²) in [6.07, 6.45) is 0. The molecule has 0 unspecified atom stereocenters. The highest BCUT2D eigenvalue weighted by Crippen LogP contribution is 2.56. The number of thiophene rings is 4. The molecule has 13 aromatic carbocycles. The van der Waals surface area contributed by atoms with Gasteiger partial charge in [0.25, 0.3) is 0 Å². The molecule has 0 N–H and O–H groups in total. The van der Waals surface area contributed by atoms with Crippen LogP contribution in [-0.4, -0.2) is 9.13 Å². The molecule has 0 aliphatic rings. The summed E-state index contributed by atoms with van der Waals surface area (Å²) in [5, 5.41) is 43.6. The van der Waals surface area contributed by atoms with Gasteiger partial charge in [-0.2, -0.15) is 10.5 Å². The first-order chi connectivity index (χ1) is 41.6. The molecule has 0 aliphatic carbocycles. The third-order valence-corrected chi connectivity index (χ3v) is 22.6. The normalized spacial score (nSPS) is 12.3. The Labute approximate surface area is 494 Å². The zero-order chi connectivity index (χ0) is 55.1. The fourth-order valence-electron chi connectivity index (χ4n) is 14.3. The number of hydrogen-bond acceptors (Lipinski definition) is 6. The number of nitrogens with zero attached hydrogens (tertiary/aromatic N) is 4. The number of benzene rings is 13. The SMILES string of the molecule is N#Cc1c(-c2cccc3ccccc23)c(C#N)c(-n2c3c(ccc4c5ccccc5sc43)c3ccc4c5ccccc5sc4c32)c(-c2cccc3ccccc23)c1-n1c2c(ccc3c4ccccc4sc32)c2ccc3c4ccccc4sc3c21. The van der Waals surface area contributed by atoms with Gasteiger partial charge in [-0.15, -0.1) is 45.3 Å². The number of hydrogen-bond donors (Lipinski definition) is 0. The molecule has 19 rings (SSSR count). The zero-order valence-corrected chi connectivity index (χ0v) is 47.6. The van der Waals surface area contributed by atoms with Crippen molar-refractivity contribution in [3.8, 4) is 45.8 Å². The van der Waals surface area contributed by atoms with Gasteiger partial charge in [-0.05, 0) is 56.9 Å². The Kier molecular flexibility index (Phi) is 9.51. The van der Waals surface area contributed by atoms with E-state index < -0.39 is 0 Å². The van der Waals surface area contributed by atoms with E-state index in [0.29, 0.717) is 16.7 Å². The standard InChI is InChI=1S/C76H38N4S4/c77-39-59-65(49-25-13-17-41-15-1-3-19-43(41)49)60(40-78)68(80-71-53(33-37-57-47-23-7-11-29-63(47)83-75(57)71)54-34-38-58-48-24-8-12-30-64(48)84-76(58)72(54)80)66(50-26-14-18-42-16-2-4-20-44(42)50)67(59)79-69-51(31-35-55-45-21-5-9-27-61(45)81-73(55)69)52-32-36-56-46-22-6-10-28-62(46)82-74(56)70(52)79/h1-38H. The van der Waals surface area contributed by atoms with Gasteiger partial charge in [0, 0.05) is 94.6 Å². The van der Waals surface area contributed by atoms with Crippen LogP contribution in [0.1, 0.15) is 11.1 Å². The van der Waals surface area contributed by atoms with Crippen LogP contribution in [0.25, 0.3) is 179 Å². The lowest BCUT2D eigenvalue weighted by atomic mass is 9.84. The molecule has 0 bridgehead atoms.